The monoisotopic (exact) mass is 378 g/mol. The van der Waals surface area contributed by atoms with Crippen LogP contribution >= 0.6 is 11.8 Å². The van der Waals surface area contributed by atoms with Gasteiger partial charge < -0.3 is 15.7 Å². The Morgan fingerprint density at radius 3 is 2.42 bits per heavy atom. The van der Waals surface area contributed by atoms with Gasteiger partial charge in [-0.1, -0.05) is 6.42 Å². The molecule has 5 nitrogen and oxygen atoms in total. The van der Waals surface area contributed by atoms with Gasteiger partial charge in [-0.05, 0) is 74.5 Å². The number of fused-ring (bicyclic) bond motifs is 1. The van der Waals surface area contributed by atoms with Crippen LogP contribution in [-0.2, 0) is 4.79 Å². The Morgan fingerprint density at radius 2 is 1.81 bits per heavy atom. The summed E-state index contributed by atoms with van der Waals surface area (Å²) in [6, 6.07) is 0.452. The zero-order valence-electron chi connectivity index (χ0n) is 15.3. The maximum atomic E-state index is 12.2. The van der Waals surface area contributed by atoms with E-state index in [1.54, 1.807) is 0 Å². The molecule has 2 saturated heterocycles. The molecule has 6 aliphatic rings. The normalized spacial score (nSPS) is 46.7. The van der Waals surface area contributed by atoms with Gasteiger partial charge in [0.15, 0.2) is 0 Å². The molecule has 0 radical (unpaired) electrons. The van der Waals surface area contributed by atoms with Crippen molar-refractivity contribution in [1.82, 2.24) is 10.6 Å². The van der Waals surface area contributed by atoms with Crippen molar-refractivity contribution >= 4 is 23.8 Å². The van der Waals surface area contributed by atoms with Gasteiger partial charge in [0.05, 0.1) is 18.0 Å². The van der Waals surface area contributed by atoms with Gasteiger partial charge in [0.25, 0.3) is 0 Å². The second kappa shape index (κ2) is 6.32. The van der Waals surface area contributed by atoms with Crippen LogP contribution in [0.2, 0.25) is 0 Å². The van der Waals surface area contributed by atoms with E-state index in [0.29, 0.717) is 5.25 Å². The molecule has 1 unspecified atom stereocenters. The SMILES string of the molecule is O=C1N[C@H]2[C@H](CS[C@H]2CCCC(C(=O)O)C23CC4CC(CC(C4)C2)C3)N1. The Labute approximate surface area is 159 Å². The minimum Gasteiger partial charge on any atom is -0.481 e. The summed E-state index contributed by atoms with van der Waals surface area (Å²) in [5.74, 6) is 2.66. The van der Waals surface area contributed by atoms with Crippen LogP contribution in [0.25, 0.3) is 0 Å². The highest BCUT2D eigenvalue weighted by molar-refractivity contribution is 8.00. The summed E-state index contributed by atoms with van der Waals surface area (Å²) in [6.45, 7) is 0. The van der Waals surface area contributed by atoms with Crippen LogP contribution in [0, 0.1) is 29.1 Å². The minimum absolute atomic E-state index is 0.0396. The number of carboxylic acid groups (broad SMARTS) is 1. The summed E-state index contributed by atoms with van der Waals surface area (Å²) in [4.78, 5) is 23.7. The van der Waals surface area contributed by atoms with Crippen molar-refractivity contribution in [2.75, 3.05) is 5.75 Å². The number of nitrogens with one attached hydrogen (secondary N) is 2. The van der Waals surface area contributed by atoms with Crippen LogP contribution in [0.3, 0.4) is 0 Å². The van der Waals surface area contributed by atoms with Gasteiger partial charge in [-0.3, -0.25) is 4.79 Å². The number of carbonyl (C=O) groups is 2. The second-order valence-corrected chi connectivity index (χ2v) is 11.0. The zero-order chi connectivity index (χ0) is 17.9. The molecule has 0 aromatic carbocycles. The molecule has 26 heavy (non-hydrogen) atoms. The molecule has 2 heterocycles. The van der Waals surface area contributed by atoms with Gasteiger partial charge in [0.2, 0.25) is 0 Å². The zero-order valence-corrected chi connectivity index (χ0v) is 16.1. The maximum absolute atomic E-state index is 12.2. The van der Waals surface area contributed by atoms with E-state index in [4.69, 9.17) is 0 Å². The first-order valence-corrected chi connectivity index (χ1v) is 11.5. The lowest BCUT2D eigenvalue weighted by Gasteiger charge is -2.58. The van der Waals surface area contributed by atoms with Crippen LogP contribution < -0.4 is 10.6 Å². The predicted octanol–water partition coefficient (Wildman–Crippen LogP) is 3.24. The lowest BCUT2D eigenvalue weighted by molar-refractivity contribution is -0.158. The van der Waals surface area contributed by atoms with E-state index >= 15 is 0 Å². The number of carboxylic acids is 1. The number of rotatable bonds is 6. The Bertz CT molecular complexity index is 575. The fourth-order valence-electron chi connectivity index (χ4n) is 7.46. The summed E-state index contributed by atoms with van der Waals surface area (Å²) in [5.41, 5.74) is 0.0923. The summed E-state index contributed by atoms with van der Waals surface area (Å²) in [5, 5.41) is 16.5. The number of carbonyl (C=O) groups excluding carboxylic acids is 1. The molecular formula is C20H30N2O3S. The van der Waals surface area contributed by atoms with Crippen molar-refractivity contribution in [1.29, 1.82) is 0 Å². The van der Waals surface area contributed by atoms with Gasteiger partial charge >= 0.3 is 12.0 Å². The molecule has 4 bridgehead atoms. The summed E-state index contributed by atoms with van der Waals surface area (Å²) in [6.07, 6.45) is 10.4. The first kappa shape index (κ1) is 17.2. The van der Waals surface area contributed by atoms with E-state index in [2.05, 4.69) is 10.6 Å². The van der Waals surface area contributed by atoms with Crippen LogP contribution in [0.5, 0.6) is 0 Å². The van der Waals surface area contributed by atoms with E-state index < -0.39 is 5.97 Å². The lowest BCUT2D eigenvalue weighted by atomic mass is 9.46. The average molecular weight is 379 g/mol. The number of hydrogen-bond donors (Lipinski definition) is 3. The van der Waals surface area contributed by atoms with Crippen molar-refractivity contribution in [2.24, 2.45) is 29.1 Å². The summed E-state index contributed by atoms with van der Waals surface area (Å²) >= 11 is 1.93. The number of amides is 2. The van der Waals surface area contributed by atoms with Gasteiger partial charge in [0, 0.05) is 11.0 Å². The Morgan fingerprint density at radius 1 is 1.15 bits per heavy atom. The van der Waals surface area contributed by atoms with E-state index in [1.165, 1.54) is 38.5 Å². The third-order valence-electron chi connectivity index (χ3n) is 8.04. The molecule has 144 valence electrons. The number of thioether (sulfide) groups is 1. The molecule has 6 rings (SSSR count). The van der Waals surface area contributed by atoms with Crippen molar-refractivity contribution in [3.05, 3.63) is 0 Å². The third kappa shape index (κ3) is 2.83. The Hall–Kier alpha value is -0.910. The van der Waals surface area contributed by atoms with Crippen molar-refractivity contribution in [3.63, 3.8) is 0 Å². The smallest absolute Gasteiger partial charge is 0.315 e. The molecule has 0 aromatic heterocycles. The molecule has 6 fully saturated rings. The Balaban J connectivity index is 1.22. The first-order chi connectivity index (χ1) is 12.5. The number of aliphatic carboxylic acids is 1. The van der Waals surface area contributed by atoms with Gasteiger partial charge in [-0.25, -0.2) is 4.79 Å². The fourth-order valence-corrected chi connectivity index (χ4v) is 9.01. The molecule has 2 aliphatic heterocycles. The van der Waals surface area contributed by atoms with Crippen LogP contribution in [0.15, 0.2) is 0 Å². The largest absolute Gasteiger partial charge is 0.481 e. The molecule has 0 aromatic rings. The van der Waals surface area contributed by atoms with Gasteiger partial charge in [-0.15, -0.1) is 0 Å². The first-order valence-electron chi connectivity index (χ1n) is 10.4. The molecule has 4 saturated carbocycles. The summed E-state index contributed by atoms with van der Waals surface area (Å²) in [7, 11) is 0. The topological polar surface area (TPSA) is 78.4 Å². The van der Waals surface area contributed by atoms with Crippen LogP contribution in [0.4, 0.5) is 4.79 Å². The molecule has 4 atom stereocenters. The lowest BCUT2D eigenvalue weighted by Crippen LogP contribution is -2.51. The van der Waals surface area contributed by atoms with Gasteiger partial charge in [-0.2, -0.15) is 11.8 Å². The number of hydrogen-bond acceptors (Lipinski definition) is 3. The highest BCUT2D eigenvalue weighted by Gasteiger charge is 2.55. The molecule has 2 amide bonds. The molecular weight excluding hydrogens is 348 g/mol. The minimum atomic E-state index is -0.556. The van der Waals surface area contributed by atoms with Crippen LogP contribution in [0.1, 0.15) is 57.8 Å². The van der Waals surface area contributed by atoms with Crippen molar-refractivity contribution < 1.29 is 14.7 Å². The molecule has 6 heteroatoms. The quantitative estimate of drug-likeness (QED) is 0.620. The van der Waals surface area contributed by atoms with Crippen molar-refractivity contribution in [2.45, 2.75) is 75.1 Å². The molecule has 3 N–H and O–H groups in total. The highest BCUT2D eigenvalue weighted by atomic mass is 32.2. The molecule has 4 aliphatic carbocycles. The number of urea groups is 1. The van der Waals surface area contributed by atoms with E-state index in [9.17, 15) is 14.7 Å². The van der Waals surface area contributed by atoms with Crippen molar-refractivity contribution in [3.8, 4) is 0 Å². The third-order valence-corrected chi connectivity index (χ3v) is 9.55. The standard InChI is InChI=1S/C20H30N2O3S/c23-18(24)14(20-7-11-4-12(8-20)6-13(5-11)9-20)2-1-3-16-17-15(10-26-16)21-19(25)22-17/h11-17H,1-10H2,(H,23,24)(H2,21,22,25)/t11?,12?,13?,14?,15-,16-,17-,20?/m0/s1. The highest BCUT2D eigenvalue weighted by Crippen LogP contribution is 2.63. The van der Waals surface area contributed by atoms with E-state index in [-0.39, 0.29) is 29.4 Å². The van der Waals surface area contributed by atoms with Gasteiger partial charge in [0.1, 0.15) is 0 Å². The summed E-state index contributed by atoms with van der Waals surface area (Å²) < 4.78 is 0. The fraction of sp³-hybridized carbons (Fsp3) is 0.900. The average Bonchev–Trinajstić information content (AvgIpc) is 3.09. The Kier molecular flexibility index (Phi) is 4.18. The maximum Gasteiger partial charge on any atom is 0.315 e. The second-order valence-electron chi connectivity index (χ2n) is 9.72. The van der Waals surface area contributed by atoms with Crippen LogP contribution in [-0.4, -0.2) is 40.2 Å². The van der Waals surface area contributed by atoms with E-state index in [1.807, 2.05) is 11.8 Å². The van der Waals surface area contributed by atoms with E-state index in [0.717, 1.165) is 42.8 Å². The predicted molar refractivity (Wildman–Crippen MR) is 101 cm³/mol. The molecule has 0 spiro atoms.